The molecule has 0 amide bonds. The van der Waals surface area contributed by atoms with Gasteiger partial charge >= 0.3 is 0 Å². The maximum absolute atomic E-state index is 6.21. The van der Waals surface area contributed by atoms with Crippen molar-refractivity contribution >= 4 is 22.1 Å². The highest BCUT2D eigenvalue weighted by Crippen LogP contribution is 2.32. The van der Waals surface area contributed by atoms with E-state index < -0.39 is 0 Å². The highest BCUT2D eigenvalue weighted by atomic mass is 16.5. The summed E-state index contributed by atoms with van der Waals surface area (Å²) in [6.45, 7) is 3.94. The van der Waals surface area contributed by atoms with E-state index in [0.717, 1.165) is 82.0 Å². The number of rotatable bonds is 5. The molecule has 0 spiro atoms. The number of aromatic amines is 2. The van der Waals surface area contributed by atoms with Gasteiger partial charge in [0, 0.05) is 46.7 Å². The molecule has 6 aromatic heterocycles. The summed E-state index contributed by atoms with van der Waals surface area (Å²) in [5.74, 6) is 0.779. The van der Waals surface area contributed by atoms with Crippen LogP contribution in [0.2, 0.25) is 0 Å². The third-order valence-corrected chi connectivity index (χ3v) is 6.81. The first-order valence-electron chi connectivity index (χ1n) is 12.4. The Bertz CT molecular complexity index is 1720. The third kappa shape index (κ3) is 4.01. The largest absolute Gasteiger partial charge is 0.489 e. The number of nitrogens with zero attached hydrogens (tertiary/aromatic N) is 6. The van der Waals surface area contributed by atoms with E-state index in [1.807, 2.05) is 48.5 Å². The van der Waals surface area contributed by atoms with Crippen LogP contribution in [0.4, 0.5) is 0 Å². The van der Waals surface area contributed by atoms with Crippen LogP contribution in [0.1, 0.15) is 18.5 Å². The molecule has 37 heavy (non-hydrogen) atoms. The molecule has 7 heterocycles. The van der Waals surface area contributed by atoms with Crippen molar-refractivity contribution in [3.05, 3.63) is 67.3 Å². The summed E-state index contributed by atoms with van der Waals surface area (Å²) in [5.41, 5.74) is 7.03. The number of imidazole rings is 1. The topological polar surface area (TPSA) is 122 Å². The van der Waals surface area contributed by atoms with Crippen LogP contribution in [-0.4, -0.2) is 58.9 Å². The number of fused-ring (bicyclic) bond motifs is 2. The zero-order chi connectivity index (χ0) is 24.8. The summed E-state index contributed by atoms with van der Waals surface area (Å²) in [6, 6.07) is 8.19. The number of nitrogens with one attached hydrogen (secondary N) is 3. The first kappa shape index (κ1) is 21.7. The Labute approximate surface area is 212 Å². The summed E-state index contributed by atoms with van der Waals surface area (Å²) in [5, 5.41) is 12.9. The van der Waals surface area contributed by atoms with Gasteiger partial charge in [0.1, 0.15) is 17.5 Å². The Kier molecular flexibility index (Phi) is 5.17. The number of piperidine rings is 1. The molecule has 10 heteroatoms. The molecule has 0 saturated carbocycles. The van der Waals surface area contributed by atoms with Gasteiger partial charge in [-0.05, 0) is 57.1 Å². The number of H-pyrrole nitrogens is 2. The number of ether oxygens (including phenoxy) is 1. The van der Waals surface area contributed by atoms with Gasteiger partial charge in [-0.2, -0.15) is 5.10 Å². The maximum atomic E-state index is 6.21. The molecule has 184 valence electrons. The van der Waals surface area contributed by atoms with Crippen LogP contribution in [0, 0.1) is 6.92 Å². The van der Waals surface area contributed by atoms with Gasteiger partial charge in [0.15, 0.2) is 5.65 Å². The van der Waals surface area contributed by atoms with Crippen LogP contribution in [-0.2, 0) is 0 Å². The van der Waals surface area contributed by atoms with Crippen molar-refractivity contribution in [2.45, 2.75) is 25.9 Å². The van der Waals surface area contributed by atoms with Crippen molar-refractivity contribution in [3.63, 3.8) is 0 Å². The monoisotopic (exact) mass is 491 g/mol. The number of hydrogen-bond donors (Lipinski definition) is 3. The van der Waals surface area contributed by atoms with Crippen LogP contribution in [0.3, 0.4) is 0 Å². The van der Waals surface area contributed by atoms with Crippen molar-refractivity contribution in [1.29, 1.82) is 0 Å². The van der Waals surface area contributed by atoms with E-state index >= 15 is 0 Å². The van der Waals surface area contributed by atoms with E-state index in [1.165, 1.54) is 0 Å². The van der Waals surface area contributed by atoms with E-state index in [9.17, 15) is 0 Å². The van der Waals surface area contributed by atoms with Crippen molar-refractivity contribution in [1.82, 2.24) is 45.0 Å². The predicted octanol–water partition coefficient (Wildman–Crippen LogP) is 4.19. The summed E-state index contributed by atoms with van der Waals surface area (Å²) in [6.07, 6.45) is 13.3. The van der Waals surface area contributed by atoms with E-state index in [1.54, 1.807) is 12.4 Å². The second-order valence-corrected chi connectivity index (χ2v) is 9.37. The molecule has 0 aliphatic carbocycles. The van der Waals surface area contributed by atoms with Gasteiger partial charge in [0.05, 0.1) is 35.3 Å². The highest BCUT2D eigenvalue weighted by Gasteiger charge is 2.17. The molecule has 0 aromatic carbocycles. The lowest BCUT2D eigenvalue weighted by Gasteiger charge is -2.23. The molecule has 0 bridgehead atoms. The number of hydrogen-bond acceptors (Lipinski definition) is 7. The summed E-state index contributed by atoms with van der Waals surface area (Å²) < 4.78 is 8.21. The Morgan fingerprint density at radius 2 is 1.86 bits per heavy atom. The lowest BCUT2D eigenvalue weighted by atomic mass is 10.1. The van der Waals surface area contributed by atoms with Crippen LogP contribution in [0.5, 0.6) is 5.75 Å². The second kappa shape index (κ2) is 8.82. The molecule has 1 saturated heterocycles. The van der Waals surface area contributed by atoms with Crippen molar-refractivity contribution in [2.75, 3.05) is 13.1 Å². The summed E-state index contributed by atoms with van der Waals surface area (Å²) in [7, 11) is 0. The van der Waals surface area contributed by atoms with Crippen molar-refractivity contribution in [3.8, 4) is 34.0 Å². The normalized spacial score (nSPS) is 14.5. The molecule has 0 atom stereocenters. The summed E-state index contributed by atoms with van der Waals surface area (Å²) >= 11 is 0. The molecular weight excluding hydrogens is 466 g/mol. The molecule has 0 unspecified atom stereocenters. The van der Waals surface area contributed by atoms with Gasteiger partial charge in [-0.3, -0.25) is 10.1 Å². The van der Waals surface area contributed by atoms with Gasteiger partial charge in [0.2, 0.25) is 0 Å². The Morgan fingerprint density at radius 1 is 0.973 bits per heavy atom. The van der Waals surface area contributed by atoms with Crippen LogP contribution >= 0.6 is 0 Å². The van der Waals surface area contributed by atoms with Gasteiger partial charge in [-0.1, -0.05) is 0 Å². The Balaban J connectivity index is 1.26. The molecule has 1 aliphatic heterocycles. The lowest BCUT2D eigenvalue weighted by molar-refractivity contribution is 0.162. The Morgan fingerprint density at radius 3 is 2.73 bits per heavy atom. The van der Waals surface area contributed by atoms with Crippen molar-refractivity contribution < 1.29 is 4.74 Å². The molecule has 10 nitrogen and oxygen atoms in total. The van der Waals surface area contributed by atoms with E-state index in [2.05, 4.69) is 52.6 Å². The smallest absolute Gasteiger partial charge is 0.181 e. The molecule has 7 rings (SSSR count). The highest BCUT2D eigenvalue weighted by molar-refractivity contribution is 5.97. The van der Waals surface area contributed by atoms with Gasteiger partial charge in [-0.25, -0.2) is 15.0 Å². The predicted molar refractivity (Wildman–Crippen MR) is 141 cm³/mol. The van der Waals surface area contributed by atoms with Crippen LogP contribution in [0.25, 0.3) is 50.3 Å². The molecule has 1 fully saturated rings. The van der Waals surface area contributed by atoms with E-state index in [-0.39, 0.29) is 6.10 Å². The minimum atomic E-state index is 0.214. The number of aromatic nitrogens is 8. The lowest BCUT2D eigenvalue weighted by Crippen LogP contribution is -2.34. The number of aryl methyl sites for hydroxylation is 1. The second-order valence-electron chi connectivity index (χ2n) is 9.37. The van der Waals surface area contributed by atoms with Crippen LogP contribution < -0.4 is 10.1 Å². The molecule has 0 radical (unpaired) electrons. The minimum Gasteiger partial charge on any atom is -0.489 e. The fourth-order valence-corrected chi connectivity index (χ4v) is 4.94. The standard InChI is InChI=1S/C27H25N9O/c1-16-14-36(15-32-16)24-4-7-30-26-21(24)10-23(33-26)25-22-9-18(12-31-27(22)35-34-25)17-8-20(13-29-11-17)37-19-2-5-28-6-3-19/h4,7-15,19,28H,2-3,5-6H2,1H3,(H,30,33)(H,31,34,35). The van der Waals surface area contributed by atoms with Gasteiger partial charge < -0.3 is 19.6 Å². The maximum Gasteiger partial charge on any atom is 0.181 e. The van der Waals surface area contributed by atoms with Gasteiger partial charge in [0.25, 0.3) is 0 Å². The molecule has 3 N–H and O–H groups in total. The summed E-state index contributed by atoms with van der Waals surface area (Å²) in [4.78, 5) is 21.4. The SMILES string of the molecule is Cc1cn(-c2ccnc3[nH]c(-c4[nH]nc5ncc(-c6cncc(OC7CCNCC7)c6)cc45)cc23)cn1. The minimum absolute atomic E-state index is 0.214. The average molecular weight is 492 g/mol. The van der Waals surface area contributed by atoms with E-state index in [0.29, 0.717) is 5.65 Å². The zero-order valence-corrected chi connectivity index (χ0v) is 20.3. The molecular formula is C27H25N9O. The average Bonchev–Trinajstić information content (AvgIpc) is 3.66. The first-order chi connectivity index (χ1) is 18.2. The van der Waals surface area contributed by atoms with E-state index in [4.69, 9.17) is 4.74 Å². The van der Waals surface area contributed by atoms with Crippen molar-refractivity contribution in [2.24, 2.45) is 0 Å². The van der Waals surface area contributed by atoms with Crippen LogP contribution in [0.15, 0.2) is 61.6 Å². The number of pyridine rings is 3. The Hall–Kier alpha value is -4.57. The fraction of sp³-hybridized carbons (Fsp3) is 0.222. The third-order valence-electron chi connectivity index (χ3n) is 6.81. The molecule has 6 aromatic rings. The van der Waals surface area contributed by atoms with Gasteiger partial charge in [-0.15, -0.1) is 0 Å². The first-order valence-corrected chi connectivity index (χ1v) is 12.4. The zero-order valence-electron chi connectivity index (χ0n) is 20.3. The molecule has 1 aliphatic rings. The fourth-order valence-electron chi connectivity index (χ4n) is 4.94. The quantitative estimate of drug-likeness (QED) is 0.331.